The second kappa shape index (κ2) is 8.09. The molecule has 0 radical (unpaired) electrons. The van der Waals surface area contributed by atoms with Crippen molar-refractivity contribution in [3.63, 3.8) is 0 Å². The van der Waals surface area contributed by atoms with Crippen LogP contribution in [0.15, 0.2) is 18.3 Å². The van der Waals surface area contributed by atoms with Crippen molar-refractivity contribution in [2.24, 2.45) is 0 Å². The van der Waals surface area contributed by atoms with Crippen LogP contribution in [-0.2, 0) is 4.74 Å². The van der Waals surface area contributed by atoms with Crippen molar-refractivity contribution in [1.82, 2.24) is 9.97 Å². The van der Waals surface area contributed by atoms with Gasteiger partial charge in [0.2, 0.25) is 5.75 Å². The number of benzene rings is 1. The summed E-state index contributed by atoms with van der Waals surface area (Å²) >= 11 is 0. The van der Waals surface area contributed by atoms with Gasteiger partial charge >= 0.3 is 5.97 Å². The molecule has 0 aliphatic carbocycles. The SMILES string of the molecule is COc1cc(-c2ncc(C(=O)O)c(N3CCOCC3)n2)cc(OC)c1OC. The third kappa shape index (κ3) is 3.72. The summed E-state index contributed by atoms with van der Waals surface area (Å²) in [6.45, 7) is 2.16. The van der Waals surface area contributed by atoms with Crippen LogP contribution in [0.2, 0.25) is 0 Å². The minimum atomic E-state index is -1.08. The number of aromatic nitrogens is 2. The van der Waals surface area contributed by atoms with Crippen LogP contribution in [0.4, 0.5) is 5.82 Å². The molecule has 1 aromatic carbocycles. The maximum Gasteiger partial charge on any atom is 0.341 e. The van der Waals surface area contributed by atoms with Gasteiger partial charge in [-0.05, 0) is 12.1 Å². The van der Waals surface area contributed by atoms with E-state index in [1.54, 1.807) is 12.1 Å². The molecule has 9 heteroatoms. The first-order chi connectivity index (χ1) is 13.1. The summed E-state index contributed by atoms with van der Waals surface area (Å²) in [4.78, 5) is 22.2. The fourth-order valence-corrected chi connectivity index (χ4v) is 2.89. The number of methoxy groups -OCH3 is 3. The standard InChI is InChI=1S/C18H21N3O6/c1-24-13-8-11(9-14(25-2)15(13)26-3)16-19-10-12(18(22)23)17(20-16)21-4-6-27-7-5-21/h8-10H,4-7H2,1-3H3,(H,22,23). The quantitative estimate of drug-likeness (QED) is 0.808. The lowest BCUT2D eigenvalue weighted by Crippen LogP contribution is -2.37. The molecule has 1 aromatic heterocycles. The van der Waals surface area contributed by atoms with Gasteiger partial charge in [0.15, 0.2) is 17.3 Å². The summed E-state index contributed by atoms with van der Waals surface area (Å²) in [7, 11) is 4.57. The maximum absolute atomic E-state index is 11.6. The molecule has 0 spiro atoms. The van der Waals surface area contributed by atoms with Crippen LogP contribution in [-0.4, -0.2) is 68.7 Å². The van der Waals surface area contributed by atoms with Crippen molar-refractivity contribution in [1.29, 1.82) is 0 Å². The third-order valence-electron chi connectivity index (χ3n) is 4.23. The zero-order valence-corrected chi connectivity index (χ0v) is 15.4. The van der Waals surface area contributed by atoms with Crippen molar-refractivity contribution in [3.05, 3.63) is 23.9 Å². The topological polar surface area (TPSA) is 103 Å². The van der Waals surface area contributed by atoms with Gasteiger partial charge < -0.3 is 29.0 Å². The van der Waals surface area contributed by atoms with E-state index in [0.717, 1.165) is 0 Å². The van der Waals surface area contributed by atoms with Gasteiger partial charge in [-0.1, -0.05) is 0 Å². The van der Waals surface area contributed by atoms with E-state index >= 15 is 0 Å². The van der Waals surface area contributed by atoms with E-state index in [0.29, 0.717) is 60.8 Å². The van der Waals surface area contributed by atoms with Crippen molar-refractivity contribution in [3.8, 4) is 28.6 Å². The van der Waals surface area contributed by atoms with Gasteiger partial charge in [-0.2, -0.15) is 0 Å². The lowest BCUT2D eigenvalue weighted by Gasteiger charge is -2.28. The van der Waals surface area contributed by atoms with E-state index in [1.807, 2.05) is 4.90 Å². The molecule has 1 saturated heterocycles. The Kier molecular flexibility index (Phi) is 5.60. The Morgan fingerprint density at radius 1 is 1.11 bits per heavy atom. The summed E-state index contributed by atoms with van der Waals surface area (Å²) in [5.74, 6) is 1.04. The minimum absolute atomic E-state index is 0.0492. The number of carbonyl (C=O) groups is 1. The number of nitrogens with zero attached hydrogens (tertiary/aromatic N) is 3. The first-order valence-corrected chi connectivity index (χ1v) is 8.32. The molecule has 0 unspecified atom stereocenters. The second-order valence-corrected chi connectivity index (χ2v) is 5.75. The van der Waals surface area contributed by atoms with E-state index in [-0.39, 0.29) is 5.56 Å². The molecular weight excluding hydrogens is 354 g/mol. The molecule has 1 aliphatic heterocycles. The molecule has 144 valence electrons. The van der Waals surface area contributed by atoms with E-state index in [1.165, 1.54) is 27.5 Å². The molecule has 1 N–H and O–H groups in total. The highest BCUT2D eigenvalue weighted by Gasteiger charge is 2.23. The van der Waals surface area contributed by atoms with E-state index in [9.17, 15) is 9.90 Å². The smallest absolute Gasteiger partial charge is 0.341 e. The molecule has 0 amide bonds. The summed E-state index contributed by atoms with van der Waals surface area (Å²) in [6.07, 6.45) is 1.32. The fourth-order valence-electron chi connectivity index (χ4n) is 2.89. The van der Waals surface area contributed by atoms with Crippen LogP contribution >= 0.6 is 0 Å². The average Bonchev–Trinajstić information content (AvgIpc) is 2.72. The van der Waals surface area contributed by atoms with Gasteiger partial charge in [-0.3, -0.25) is 0 Å². The molecule has 9 nitrogen and oxygen atoms in total. The molecular formula is C18H21N3O6. The molecule has 0 saturated carbocycles. The van der Waals surface area contributed by atoms with Gasteiger partial charge in [0.25, 0.3) is 0 Å². The monoisotopic (exact) mass is 375 g/mol. The van der Waals surface area contributed by atoms with Gasteiger partial charge in [-0.15, -0.1) is 0 Å². The Balaban J connectivity index is 2.10. The highest BCUT2D eigenvalue weighted by atomic mass is 16.5. The normalized spacial score (nSPS) is 14.0. The Morgan fingerprint density at radius 3 is 2.26 bits per heavy atom. The Bertz CT molecular complexity index is 811. The Labute approximate surface area is 156 Å². The highest BCUT2D eigenvalue weighted by molar-refractivity contribution is 5.93. The van der Waals surface area contributed by atoms with Crippen molar-refractivity contribution >= 4 is 11.8 Å². The molecule has 0 bridgehead atoms. The van der Waals surface area contributed by atoms with E-state index in [4.69, 9.17) is 18.9 Å². The maximum atomic E-state index is 11.6. The molecule has 0 atom stereocenters. The first kappa shape index (κ1) is 18.7. The van der Waals surface area contributed by atoms with Gasteiger partial charge in [0, 0.05) is 24.8 Å². The van der Waals surface area contributed by atoms with Crippen molar-refractivity contribution < 1.29 is 28.8 Å². The predicted molar refractivity (Wildman–Crippen MR) is 97.1 cm³/mol. The highest BCUT2D eigenvalue weighted by Crippen LogP contribution is 2.40. The lowest BCUT2D eigenvalue weighted by molar-refractivity contribution is 0.0695. The summed E-state index contributed by atoms with van der Waals surface area (Å²) < 4.78 is 21.4. The van der Waals surface area contributed by atoms with Crippen LogP contribution in [0, 0.1) is 0 Å². The number of carboxylic acid groups (broad SMARTS) is 1. The van der Waals surface area contributed by atoms with Crippen LogP contribution < -0.4 is 19.1 Å². The molecule has 1 fully saturated rings. The lowest BCUT2D eigenvalue weighted by atomic mass is 10.1. The number of ether oxygens (including phenoxy) is 4. The largest absolute Gasteiger partial charge is 0.493 e. The van der Waals surface area contributed by atoms with Gasteiger partial charge in [0.05, 0.1) is 34.5 Å². The summed E-state index contributed by atoms with van der Waals surface area (Å²) in [5, 5.41) is 9.50. The van der Waals surface area contributed by atoms with Gasteiger partial charge in [0.1, 0.15) is 11.4 Å². The summed E-state index contributed by atoms with van der Waals surface area (Å²) in [5.41, 5.74) is 0.670. The Morgan fingerprint density at radius 2 is 1.74 bits per heavy atom. The minimum Gasteiger partial charge on any atom is -0.493 e. The Hall–Kier alpha value is -3.07. The van der Waals surface area contributed by atoms with Crippen LogP contribution in [0.3, 0.4) is 0 Å². The number of aromatic carboxylic acids is 1. The van der Waals surface area contributed by atoms with Crippen molar-refractivity contribution in [2.45, 2.75) is 0 Å². The van der Waals surface area contributed by atoms with Crippen LogP contribution in [0.1, 0.15) is 10.4 Å². The number of rotatable bonds is 6. The molecule has 3 rings (SSSR count). The second-order valence-electron chi connectivity index (χ2n) is 5.75. The number of morpholine rings is 1. The van der Waals surface area contributed by atoms with E-state index in [2.05, 4.69) is 9.97 Å². The molecule has 2 aromatic rings. The molecule has 27 heavy (non-hydrogen) atoms. The van der Waals surface area contributed by atoms with Crippen LogP contribution in [0.5, 0.6) is 17.2 Å². The number of hydrogen-bond acceptors (Lipinski definition) is 8. The van der Waals surface area contributed by atoms with Crippen molar-refractivity contribution in [2.75, 3.05) is 52.5 Å². The molecule has 1 aliphatic rings. The van der Waals surface area contributed by atoms with Crippen LogP contribution in [0.25, 0.3) is 11.4 Å². The predicted octanol–water partition coefficient (Wildman–Crippen LogP) is 1.70. The number of carboxylic acids is 1. The third-order valence-corrected chi connectivity index (χ3v) is 4.23. The first-order valence-electron chi connectivity index (χ1n) is 8.32. The number of anilines is 1. The zero-order chi connectivity index (χ0) is 19.4. The molecule has 2 heterocycles. The zero-order valence-electron chi connectivity index (χ0n) is 15.4. The van der Waals surface area contributed by atoms with Gasteiger partial charge in [-0.25, -0.2) is 14.8 Å². The fraction of sp³-hybridized carbons (Fsp3) is 0.389. The summed E-state index contributed by atoms with van der Waals surface area (Å²) in [6, 6.07) is 3.44. The number of hydrogen-bond donors (Lipinski definition) is 1. The van der Waals surface area contributed by atoms with E-state index < -0.39 is 5.97 Å². The average molecular weight is 375 g/mol.